The van der Waals surface area contributed by atoms with Gasteiger partial charge in [0.2, 0.25) is 0 Å². The zero-order valence-electron chi connectivity index (χ0n) is 14.4. The van der Waals surface area contributed by atoms with E-state index in [2.05, 4.69) is 36.5 Å². The van der Waals surface area contributed by atoms with Crippen molar-refractivity contribution in [3.05, 3.63) is 24.4 Å². The maximum atomic E-state index is 12.4. The molecule has 1 aromatic heterocycles. The first-order valence-electron chi connectivity index (χ1n) is 8.65. The molecule has 6 heteroatoms. The molecule has 1 saturated carbocycles. The smallest absolute Gasteiger partial charge is 0.319 e. The van der Waals surface area contributed by atoms with Gasteiger partial charge in [0.1, 0.15) is 0 Å². The van der Waals surface area contributed by atoms with Crippen LogP contribution in [0.15, 0.2) is 24.4 Å². The number of hydrogen-bond acceptors (Lipinski definition) is 3. The predicted octanol–water partition coefficient (Wildman–Crippen LogP) is 2.99. The molecule has 0 radical (unpaired) electrons. The minimum absolute atomic E-state index is 0.0106. The highest BCUT2D eigenvalue weighted by atomic mass is 16.5. The molecular formula is C18H24N4O2. The number of carbonyl (C=O) groups is 1. The number of carbonyl (C=O) groups excluding carboxylic acids is 1. The van der Waals surface area contributed by atoms with Crippen molar-refractivity contribution in [2.75, 3.05) is 11.9 Å². The van der Waals surface area contributed by atoms with Gasteiger partial charge in [0, 0.05) is 41.6 Å². The molecule has 4 rings (SSSR count). The Kier molecular flexibility index (Phi) is 3.53. The molecule has 2 heterocycles. The third-order valence-corrected chi connectivity index (χ3v) is 5.59. The van der Waals surface area contributed by atoms with Crippen molar-refractivity contribution in [1.82, 2.24) is 15.1 Å². The highest BCUT2D eigenvalue weighted by Crippen LogP contribution is 2.52. The summed E-state index contributed by atoms with van der Waals surface area (Å²) < 4.78 is 7.71. The van der Waals surface area contributed by atoms with E-state index in [1.54, 1.807) is 0 Å². The van der Waals surface area contributed by atoms with Crippen LogP contribution in [-0.2, 0) is 11.3 Å². The summed E-state index contributed by atoms with van der Waals surface area (Å²) in [5.41, 5.74) is 1.80. The van der Waals surface area contributed by atoms with E-state index >= 15 is 0 Å². The van der Waals surface area contributed by atoms with Crippen molar-refractivity contribution in [2.24, 2.45) is 11.3 Å². The fourth-order valence-corrected chi connectivity index (χ4v) is 4.33. The monoisotopic (exact) mass is 328 g/mol. The van der Waals surface area contributed by atoms with E-state index in [1.807, 2.05) is 29.1 Å². The molecule has 0 unspecified atom stereocenters. The molecule has 24 heavy (non-hydrogen) atoms. The second-order valence-corrected chi connectivity index (χ2v) is 7.38. The molecule has 128 valence electrons. The molecule has 1 saturated heterocycles. The van der Waals surface area contributed by atoms with Crippen molar-refractivity contribution in [3.8, 4) is 0 Å². The Hall–Kier alpha value is -2.08. The van der Waals surface area contributed by atoms with Crippen molar-refractivity contribution < 1.29 is 9.53 Å². The first kappa shape index (κ1) is 15.4. The van der Waals surface area contributed by atoms with Crippen LogP contribution >= 0.6 is 0 Å². The number of ether oxygens (including phenoxy) is 1. The van der Waals surface area contributed by atoms with Crippen LogP contribution in [0, 0.1) is 11.3 Å². The van der Waals surface area contributed by atoms with E-state index in [9.17, 15) is 4.79 Å². The Morgan fingerprint density at radius 2 is 2.29 bits per heavy atom. The van der Waals surface area contributed by atoms with Crippen LogP contribution in [-0.4, -0.2) is 34.6 Å². The minimum atomic E-state index is -0.152. The topological polar surface area (TPSA) is 68.2 Å². The maximum absolute atomic E-state index is 12.4. The van der Waals surface area contributed by atoms with E-state index in [-0.39, 0.29) is 23.6 Å². The number of fused-ring (bicyclic) bond motifs is 2. The van der Waals surface area contributed by atoms with Gasteiger partial charge in [0.15, 0.2) is 0 Å². The third-order valence-electron chi connectivity index (χ3n) is 5.59. The van der Waals surface area contributed by atoms with Crippen molar-refractivity contribution in [1.29, 1.82) is 0 Å². The number of benzene rings is 1. The molecule has 1 aliphatic heterocycles. The first-order chi connectivity index (χ1) is 11.5. The lowest BCUT2D eigenvalue weighted by molar-refractivity contribution is -0.107. The molecule has 3 atom stereocenters. The lowest BCUT2D eigenvalue weighted by Gasteiger charge is -2.54. The largest absolute Gasteiger partial charge is 0.377 e. The summed E-state index contributed by atoms with van der Waals surface area (Å²) in [6, 6.07) is 5.88. The van der Waals surface area contributed by atoms with E-state index in [0.717, 1.165) is 36.2 Å². The number of nitrogens with zero attached hydrogens (tertiary/aromatic N) is 2. The van der Waals surface area contributed by atoms with E-state index in [1.165, 1.54) is 0 Å². The maximum Gasteiger partial charge on any atom is 0.319 e. The molecule has 1 aromatic carbocycles. The second kappa shape index (κ2) is 5.48. The zero-order valence-corrected chi connectivity index (χ0v) is 14.4. The van der Waals surface area contributed by atoms with Crippen LogP contribution in [0.1, 0.15) is 27.2 Å². The summed E-state index contributed by atoms with van der Waals surface area (Å²) in [4.78, 5) is 12.4. The summed E-state index contributed by atoms with van der Waals surface area (Å²) in [7, 11) is 0. The number of urea groups is 1. The predicted molar refractivity (Wildman–Crippen MR) is 93.0 cm³/mol. The highest BCUT2D eigenvalue weighted by molar-refractivity contribution is 5.92. The molecule has 2 aliphatic rings. The van der Waals surface area contributed by atoms with Crippen LogP contribution in [0.3, 0.4) is 0 Å². The van der Waals surface area contributed by atoms with Gasteiger partial charge in [-0.1, -0.05) is 13.8 Å². The first-order valence-corrected chi connectivity index (χ1v) is 8.65. The third kappa shape index (κ3) is 2.28. The van der Waals surface area contributed by atoms with Gasteiger partial charge < -0.3 is 15.4 Å². The van der Waals surface area contributed by atoms with Crippen LogP contribution in [0.2, 0.25) is 0 Å². The molecule has 6 nitrogen and oxygen atoms in total. The number of rotatable bonds is 3. The van der Waals surface area contributed by atoms with Crippen LogP contribution in [0.25, 0.3) is 10.9 Å². The van der Waals surface area contributed by atoms with Gasteiger partial charge in [-0.3, -0.25) is 4.68 Å². The van der Waals surface area contributed by atoms with Crippen LogP contribution in [0.4, 0.5) is 10.5 Å². The van der Waals surface area contributed by atoms with Gasteiger partial charge in [0.25, 0.3) is 0 Å². The molecule has 1 aliphatic carbocycles. The van der Waals surface area contributed by atoms with Crippen LogP contribution in [0.5, 0.6) is 0 Å². The van der Waals surface area contributed by atoms with Crippen molar-refractivity contribution in [2.45, 2.75) is 45.9 Å². The zero-order chi connectivity index (χ0) is 16.9. The number of aryl methyl sites for hydroxylation is 1. The van der Waals surface area contributed by atoms with Gasteiger partial charge in [0.05, 0.1) is 17.8 Å². The lowest BCUT2D eigenvalue weighted by Crippen LogP contribution is -2.67. The molecule has 0 spiro atoms. The average molecular weight is 328 g/mol. The average Bonchev–Trinajstić information content (AvgIpc) is 3.17. The van der Waals surface area contributed by atoms with Crippen LogP contribution < -0.4 is 10.6 Å². The quantitative estimate of drug-likeness (QED) is 0.910. The summed E-state index contributed by atoms with van der Waals surface area (Å²) in [5, 5.41) is 11.5. The molecule has 2 aromatic rings. The SMILES string of the molecule is CCn1ncc2ccc(NC(=O)N[C@@H]3[C@H]4CCO[C@@H]4C3(C)C)cc21. The number of nitrogens with one attached hydrogen (secondary N) is 2. The number of anilines is 1. The Labute approximate surface area is 141 Å². The Morgan fingerprint density at radius 1 is 1.46 bits per heavy atom. The summed E-state index contributed by atoms with van der Waals surface area (Å²) >= 11 is 0. The fraction of sp³-hybridized carbons (Fsp3) is 0.556. The Bertz CT molecular complexity index is 782. The Balaban J connectivity index is 1.46. The molecule has 2 fully saturated rings. The second-order valence-electron chi connectivity index (χ2n) is 7.38. The normalized spacial score (nSPS) is 27.5. The summed E-state index contributed by atoms with van der Waals surface area (Å²) in [5.74, 6) is 0.440. The standard InChI is InChI=1S/C18H24N4O2/c1-4-22-14-9-12(6-5-11(14)10-19-22)20-17(23)21-15-13-7-8-24-16(13)18(15,2)3/h5-6,9-10,13,15-16H,4,7-8H2,1-3H3,(H2,20,21,23)/t13-,15-,16+/m1/s1. The Morgan fingerprint density at radius 3 is 3.08 bits per heavy atom. The highest BCUT2D eigenvalue weighted by Gasteiger charge is 2.59. The van der Waals surface area contributed by atoms with Gasteiger partial charge in [-0.2, -0.15) is 5.10 Å². The van der Waals surface area contributed by atoms with Gasteiger partial charge in [-0.05, 0) is 31.5 Å². The van der Waals surface area contributed by atoms with E-state index < -0.39 is 0 Å². The molecule has 2 amide bonds. The minimum Gasteiger partial charge on any atom is -0.377 e. The summed E-state index contributed by atoms with van der Waals surface area (Å²) in [6.07, 6.45) is 3.15. The van der Waals surface area contributed by atoms with Gasteiger partial charge >= 0.3 is 6.03 Å². The summed E-state index contributed by atoms with van der Waals surface area (Å²) in [6.45, 7) is 7.99. The van der Waals surface area contributed by atoms with Crippen molar-refractivity contribution in [3.63, 3.8) is 0 Å². The lowest BCUT2D eigenvalue weighted by atomic mass is 9.57. The molecular weight excluding hydrogens is 304 g/mol. The molecule has 0 bridgehead atoms. The number of aromatic nitrogens is 2. The number of amides is 2. The van der Waals surface area contributed by atoms with E-state index in [4.69, 9.17) is 4.74 Å². The van der Waals surface area contributed by atoms with Gasteiger partial charge in [-0.25, -0.2) is 4.79 Å². The van der Waals surface area contributed by atoms with Gasteiger partial charge in [-0.15, -0.1) is 0 Å². The molecule has 2 N–H and O–H groups in total. The fourth-order valence-electron chi connectivity index (χ4n) is 4.33. The van der Waals surface area contributed by atoms with Crippen molar-refractivity contribution >= 4 is 22.6 Å². The number of hydrogen-bond donors (Lipinski definition) is 2. The van der Waals surface area contributed by atoms with E-state index in [0.29, 0.717) is 5.92 Å².